The SMILES string of the molecule is O=C(CCNCc1ccc(F)cc1)NCc1ccccc1Cl. The van der Waals surface area contributed by atoms with Crippen molar-refractivity contribution in [2.24, 2.45) is 0 Å². The van der Waals surface area contributed by atoms with Crippen molar-refractivity contribution in [1.29, 1.82) is 0 Å². The third-order valence-corrected chi connectivity index (χ3v) is 3.57. The number of carbonyl (C=O) groups is 1. The molecule has 2 aromatic carbocycles. The predicted molar refractivity (Wildman–Crippen MR) is 86.0 cm³/mol. The molecule has 116 valence electrons. The van der Waals surface area contributed by atoms with Gasteiger partial charge in [0.15, 0.2) is 0 Å². The van der Waals surface area contributed by atoms with Gasteiger partial charge < -0.3 is 10.6 Å². The Morgan fingerprint density at radius 2 is 1.77 bits per heavy atom. The van der Waals surface area contributed by atoms with Crippen molar-refractivity contribution in [3.8, 4) is 0 Å². The van der Waals surface area contributed by atoms with E-state index in [1.807, 2.05) is 18.2 Å². The van der Waals surface area contributed by atoms with E-state index >= 15 is 0 Å². The second-order valence-corrected chi connectivity index (χ2v) is 5.33. The highest BCUT2D eigenvalue weighted by Gasteiger charge is 2.03. The highest BCUT2D eigenvalue weighted by Crippen LogP contribution is 2.14. The summed E-state index contributed by atoms with van der Waals surface area (Å²) in [5.41, 5.74) is 1.88. The van der Waals surface area contributed by atoms with Crippen LogP contribution in [-0.4, -0.2) is 12.5 Å². The van der Waals surface area contributed by atoms with Gasteiger partial charge in [0.2, 0.25) is 5.91 Å². The summed E-state index contributed by atoms with van der Waals surface area (Å²) < 4.78 is 12.8. The lowest BCUT2D eigenvalue weighted by Gasteiger charge is -2.08. The minimum Gasteiger partial charge on any atom is -0.352 e. The summed E-state index contributed by atoms with van der Waals surface area (Å²) >= 11 is 6.02. The number of hydrogen-bond donors (Lipinski definition) is 2. The van der Waals surface area contributed by atoms with Crippen LogP contribution in [0.3, 0.4) is 0 Å². The van der Waals surface area contributed by atoms with Crippen LogP contribution in [0.4, 0.5) is 4.39 Å². The molecule has 0 spiro atoms. The van der Waals surface area contributed by atoms with Crippen LogP contribution in [-0.2, 0) is 17.9 Å². The van der Waals surface area contributed by atoms with E-state index in [0.717, 1.165) is 11.1 Å². The molecule has 5 heteroatoms. The topological polar surface area (TPSA) is 41.1 Å². The van der Waals surface area contributed by atoms with Crippen molar-refractivity contribution in [3.05, 3.63) is 70.5 Å². The molecular formula is C17H18ClFN2O. The van der Waals surface area contributed by atoms with E-state index in [1.165, 1.54) is 12.1 Å². The highest BCUT2D eigenvalue weighted by molar-refractivity contribution is 6.31. The van der Waals surface area contributed by atoms with Gasteiger partial charge in [0, 0.05) is 31.1 Å². The molecule has 0 saturated heterocycles. The fourth-order valence-electron chi connectivity index (χ4n) is 1.96. The Hall–Kier alpha value is -1.91. The van der Waals surface area contributed by atoms with Gasteiger partial charge in [0.1, 0.15) is 5.82 Å². The normalized spacial score (nSPS) is 10.5. The van der Waals surface area contributed by atoms with Crippen molar-refractivity contribution in [2.75, 3.05) is 6.54 Å². The predicted octanol–water partition coefficient (Wildman–Crippen LogP) is 3.28. The largest absolute Gasteiger partial charge is 0.352 e. The number of halogens is 2. The van der Waals surface area contributed by atoms with Crippen LogP contribution in [0.25, 0.3) is 0 Å². The fraction of sp³-hybridized carbons (Fsp3) is 0.235. The second-order valence-electron chi connectivity index (χ2n) is 4.92. The summed E-state index contributed by atoms with van der Waals surface area (Å²) in [5, 5.41) is 6.64. The molecule has 0 aliphatic heterocycles. The van der Waals surface area contributed by atoms with E-state index in [4.69, 9.17) is 11.6 Å². The highest BCUT2D eigenvalue weighted by atomic mass is 35.5. The van der Waals surface area contributed by atoms with Gasteiger partial charge >= 0.3 is 0 Å². The molecular weight excluding hydrogens is 303 g/mol. The maximum atomic E-state index is 12.8. The van der Waals surface area contributed by atoms with E-state index < -0.39 is 0 Å². The monoisotopic (exact) mass is 320 g/mol. The third kappa shape index (κ3) is 5.47. The molecule has 0 saturated carbocycles. The lowest BCUT2D eigenvalue weighted by Crippen LogP contribution is -2.27. The van der Waals surface area contributed by atoms with Gasteiger partial charge in [0.05, 0.1) is 0 Å². The molecule has 3 nitrogen and oxygen atoms in total. The number of rotatable bonds is 7. The number of nitrogens with one attached hydrogen (secondary N) is 2. The first-order chi connectivity index (χ1) is 10.6. The zero-order valence-corrected chi connectivity index (χ0v) is 12.9. The zero-order valence-electron chi connectivity index (χ0n) is 12.1. The Morgan fingerprint density at radius 3 is 2.50 bits per heavy atom. The molecule has 0 atom stereocenters. The van der Waals surface area contributed by atoms with Crippen LogP contribution < -0.4 is 10.6 Å². The van der Waals surface area contributed by atoms with Gasteiger partial charge in [-0.25, -0.2) is 4.39 Å². The minimum atomic E-state index is -0.247. The molecule has 0 radical (unpaired) electrons. The van der Waals surface area contributed by atoms with Gasteiger partial charge in [-0.15, -0.1) is 0 Å². The summed E-state index contributed by atoms with van der Waals surface area (Å²) in [6.07, 6.45) is 0.381. The first kappa shape index (κ1) is 16.5. The molecule has 0 unspecified atom stereocenters. The summed E-state index contributed by atoms with van der Waals surface area (Å²) in [4.78, 5) is 11.7. The summed E-state index contributed by atoms with van der Waals surface area (Å²) in [5.74, 6) is -0.283. The van der Waals surface area contributed by atoms with Gasteiger partial charge in [-0.2, -0.15) is 0 Å². The number of amides is 1. The van der Waals surface area contributed by atoms with E-state index in [0.29, 0.717) is 31.1 Å². The molecule has 0 aliphatic carbocycles. The van der Waals surface area contributed by atoms with Crippen molar-refractivity contribution >= 4 is 17.5 Å². The molecule has 0 bridgehead atoms. The minimum absolute atomic E-state index is 0.0356. The first-order valence-electron chi connectivity index (χ1n) is 7.10. The molecule has 2 N–H and O–H groups in total. The average Bonchev–Trinajstić information content (AvgIpc) is 2.52. The van der Waals surface area contributed by atoms with Crippen molar-refractivity contribution in [1.82, 2.24) is 10.6 Å². The summed E-state index contributed by atoms with van der Waals surface area (Å²) in [7, 11) is 0. The first-order valence-corrected chi connectivity index (χ1v) is 7.48. The molecule has 2 aromatic rings. The standard InChI is InChI=1S/C17H18ClFN2O/c18-16-4-2-1-3-14(16)12-21-17(22)9-10-20-11-13-5-7-15(19)8-6-13/h1-8,20H,9-12H2,(H,21,22). The number of hydrogen-bond acceptors (Lipinski definition) is 2. The Morgan fingerprint density at radius 1 is 1.05 bits per heavy atom. The maximum Gasteiger partial charge on any atom is 0.221 e. The molecule has 0 aliphatic rings. The molecule has 22 heavy (non-hydrogen) atoms. The quantitative estimate of drug-likeness (QED) is 0.769. The van der Waals surface area contributed by atoms with Crippen LogP contribution in [0, 0.1) is 5.82 Å². The van der Waals surface area contributed by atoms with Gasteiger partial charge in [-0.05, 0) is 29.3 Å². The second kappa shape index (κ2) is 8.51. The van der Waals surface area contributed by atoms with Crippen LogP contribution >= 0.6 is 11.6 Å². The number of carbonyl (C=O) groups excluding carboxylic acids is 1. The molecule has 0 fully saturated rings. The van der Waals surface area contributed by atoms with Crippen LogP contribution in [0.5, 0.6) is 0 Å². The van der Waals surface area contributed by atoms with Crippen molar-refractivity contribution in [2.45, 2.75) is 19.5 Å². The smallest absolute Gasteiger partial charge is 0.221 e. The zero-order chi connectivity index (χ0) is 15.8. The maximum absolute atomic E-state index is 12.8. The summed E-state index contributed by atoms with van der Waals surface area (Å²) in [6, 6.07) is 13.7. The lowest BCUT2D eigenvalue weighted by molar-refractivity contribution is -0.121. The number of benzene rings is 2. The Labute approximate surface area is 134 Å². The summed E-state index contributed by atoms with van der Waals surface area (Å²) in [6.45, 7) is 1.60. The molecule has 0 heterocycles. The van der Waals surface area contributed by atoms with Crippen molar-refractivity contribution < 1.29 is 9.18 Å². The van der Waals surface area contributed by atoms with E-state index in [9.17, 15) is 9.18 Å². The Bertz CT molecular complexity index is 616. The average molecular weight is 321 g/mol. The van der Waals surface area contributed by atoms with Crippen LogP contribution in [0.1, 0.15) is 17.5 Å². The van der Waals surface area contributed by atoms with Crippen LogP contribution in [0.15, 0.2) is 48.5 Å². The van der Waals surface area contributed by atoms with Crippen LogP contribution in [0.2, 0.25) is 5.02 Å². The molecule has 0 aromatic heterocycles. The lowest BCUT2D eigenvalue weighted by atomic mass is 10.2. The van der Waals surface area contributed by atoms with Gasteiger partial charge in [-0.3, -0.25) is 4.79 Å². The van der Waals surface area contributed by atoms with Crippen molar-refractivity contribution in [3.63, 3.8) is 0 Å². The van der Waals surface area contributed by atoms with E-state index in [1.54, 1.807) is 18.2 Å². The molecule has 2 rings (SSSR count). The molecule has 1 amide bonds. The van der Waals surface area contributed by atoms with E-state index in [-0.39, 0.29) is 11.7 Å². The van der Waals surface area contributed by atoms with E-state index in [2.05, 4.69) is 10.6 Å². The Kier molecular flexibility index (Phi) is 6.37. The van der Waals surface area contributed by atoms with Gasteiger partial charge in [0.25, 0.3) is 0 Å². The Balaban J connectivity index is 1.64. The van der Waals surface area contributed by atoms with Gasteiger partial charge in [-0.1, -0.05) is 41.9 Å². The fourth-order valence-corrected chi connectivity index (χ4v) is 2.16. The third-order valence-electron chi connectivity index (χ3n) is 3.21.